The molecule has 3 heterocycles. The monoisotopic (exact) mass is 333 g/mol. The molecule has 2 aromatic rings. The number of amides is 1. The molecule has 2 aromatic heterocycles. The highest BCUT2D eigenvalue weighted by Gasteiger charge is 2.32. The number of aromatic nitrogens is 2. The predicted octanol–water partition coefficient (Wildman–Crippen LogP) is 1.48. The minimum atomic E-state index is -0.303. The van der Waals surface area contributed by atoms with Crippen molar-refractivity contribution in [3.8, 4) is 5.88 Å². The fourth-order valence-corrected chi connectivity index (χ4v) is 2.62. The van der Waals surface area contributed by atoms with Crippen molar-refractivity contribution >= 4 is 5.91 Å². The maximum absolute atomic E-state index is 12.3. The van der Waals surface area contributed by atoms with E-state index in [0.29, 0.717) is 24.7 Å². The van der Waals surface area contributed by atoms with E-state index in [4.69, 9.17) is 18.7 Å². The second-order valence-corrected chi connectivity index (χ2v) is 5.41. The Morgan fingerprint density at radius 2 is 2.29 bits per heavy atom. The summed E-state index contributed by atoms with van der Waals surface area (Å²) in [7, 11) is 3.11. The van der Waals surface area contributed by atoms with Crippen molar-refractivity contribution in [1.82, 2.24) is 15.5 Å². The van der Waals surface area contributed by atoms with Gasteiger partial charge in [0.1, 0.15) is 12.7 Å². The van der Waals surface area contributed by atoms with Crippen LogP contribution in [0.2, 0.25) is 0 Å². The molecule has 8 nitrogen and oxygen atoms in total. The zero-order valence-electron chi connectivity index (χ0n) is 13.5. The summed E-state index contributed by atoms with van der Waals surface area (Å²) in [6, 6.07) is 5.06. The van der Waals surface area contributed by atoms with Crippen molar-refractivity contribution in [2.75, 3.05) is 20.8 Å². The number of ether oxygens (including phenoxy) is 3. The Kier molecular flexibility index (Phi) is 5.07. The van der Waals surface area contributed by atoms with Crippen LogP contribution in [0.3, 0.4) is 0 Å². The second-order valence-electron chi connectivity index (χ2n) is 5.41. The first-order chi connectivity index (χ1) is 11.7. The predicted molar refractivity (Wildman–Crippen MR) is 82.6 cm³/mol. The van der Waals surface area contributed by atoms with Gasteiger partial charge in [0.15, 0.2) is 11.5 Å². The minimum Gasteiger partial charge on any atom is -0.481 e. The summed E-state index contributed by atoms with van der Waals surface area (Å²) in [6.07, 6.45) is 2.16. The van der Waals surface area contributed by atoms with Gasteiger partial charge in [-0.2, -0.15) is 0 Å². The van der Waals surface area contributed by atoms with E-state index in [1.165, 1.54) is 0 Å². The molecular weight excluding hydrogens is 314 g/mol. The molecule has 1 aliphatic rings. The molecule has 1 aliphatic heterocycles. The van der Waals surface area contributed by atoms with Crippen molar-refractivity contribution in [3.63, 3.8) is 0 Å². The van der Waals surface area contributed by atoms with Gasteiger partial charge in [0, 0.05) is 37.6 Å². The summed E-state index contributed by atoms with van der Waals surface area (Å²) in [5.41, 5.74) is 1.11. The van der Waals surface area contributed by atoms with Gasteiger partial charge in [-0.25, -0.2) is 4.98 Å². The largest absolute Gasteiger partial charge is 0.481 e. The van der Waals surface area contributed by atoms with E-state index in [1.807, 2.05) is 6.07 Å². The van der Waals surface area contributed by atoms with Crippen LogP contribution >= 0.6 is 0 Å². The lowest BCUT2D eigenvalue weighted by Crippen LogP contribution is -2.37. The number of nitrogens with one attached hydrogen (secondary N) is 1. The number of hydrogen-bond acceptors (Lipinski definition) is 7. The molecular formula is C16H19N3O5. The Bertz CT molecular complexity index is 685. The molecule has 0 radical (unpaired) electrons. The Morgan fingerprint density at radius 3 is 3.00 bits per heavy atom. The highest BCUT2D eigenvalue weighted by molar-refractivity contribution is 5.92. The van der Waals surface area contributed by atoms with E-state index in [9.17, 15) is 4.79 Å². The Morgan fingerprint density at radius 1 is 1.42 bits per heavy atom. The van der Waals surface area contributed by atoms with Crippen LogP contribution in [0, 0.1) is 0 Å². The van der Waals surface area contributed by atoms with Crippen LogP contribution in [0.5, 0.6) is 5.88 Å². The molecule has 24 heavy (non-hydrogen) atoms. The second kappa shape index (κ2) is 7.41. The fourth-order valence-electron chi connectivity index (χ4n) is 2.62. The van der Waals surface area contributed by atoms with Gasteiger partial charge in [-0.1, -0.05) is 5.16 Å². The van der Waals surface area contributed by atoms with Gasteiger partial charge in [-0.15, -0.1) is 0 Å². The normalized spacial score (nSPS) is 20.1. The number of pyridine rings is 1. The number of nitrogens with zero attached hydrogens (tertiary/aromatic N) is 2. The maximum atomic E-state index is 12.3. The third-order valence-corrected chi connectivity index (χ3v) is 3.78. The van der Waals surface area contributed by atoms with Gasteiger partial charge in [0.25, 0.3) is 5.91 Å². The van der Waals surface area contributed by atoms with Crippen LogP contribution in [0.25, 0.3) is 0 Å². The first-order valence-corrected chi connectivity index (χ1v) is 7.58. The van der Waals surface area contributed by atoms with E-state index in [1.54, 1.807) is 32.5 Å². The average Bonchev–Trinajstić information content (AvgIpc) is 3.25. The maximum Gasteiger partial charge on any atom is 0.273 e. The molecule has 128 valence electrons. The molecule has 1 N–H and O–H groups in total. The number of carbonyl (C=O) groups excluding carboxylic acids is 1. The Balaban J connectivity index is 1.67. The first-order valence-electron chi connectivity index (χ1n) is 7.58. The highest BCUT2D eigenvalue weighted by Crippen LogP contribution is 2.29. The third-order valence-electron chi connectivity index (χ3n) is 3.78. The number of methoxy groups -OCH3 is 2. The van der Waals surface area contributed by atoms with Gasteiger partial charge in [0.2, 0.25) is 5.88 Å². The summed E-state index contributed by atoms with van der Waals surface area (Å²) >= 11 is 0. The molecule has 0 unspecified atom stereocenters. The number of hydrogen-bond donors (Lipinski definition) is 1. The lowest BCUT2D eigenvalue weighted by molar-refractivity contribution is 0.0813. The molecule has 0 saturated carbocycles. The molecule has 1 amide bonds. The summed E-state index contributed by atoms with van der Waals surface area (Å²) in [5.74, 6) is 0.731. The molecule has 2 atom stereocenters. The molecule has 3 rings (SSSR count). The smallest absolute Gasteiger partial charge is 0.273 e. The van der Waals surface area contributed by atoms with Gasteiger partial charge in [0.05, 0.1) is 13.2 Å². The Hall–Kier alpha value is -2.45. The van der Waals surface area contributed by atoms with E-state index in [-0.39, 0.29) is 30.4 Å². The SMILES string of the molecule is COCc1cc(C(=O)N[C@H]2CCO[C@@H]2c2ccc(OC)nc2)no1. The van der Waals surface area contributed by atoms with E-state index < -0.39 is 0 Å². The van der Waals surface area contributed by atoms with Crippen molar-refractivity contribution in [2.45, 2.75) is 25.2 Å². The van der Waals surface area contributed by atoms with Crippen LogP contribution in [-0.4, -0.2) is 42.9 Å². The first kappa shape index (κ1) is 16.4. The zero-order valence-corrected chi connectivity index (χ0v) is 13.5. The molecule has 0 bridgehead atoms. The minimum absolute atomic E-state index is 0.157. The quantitative estimate of drug-likeness (QED) is 0.855. The van der Waals surface area contributed by atoms with Crippen LogP contribution in [0.15, 0.2) is 28.9 Å². The van der Waals surface area contributed by atoms with Gasteiger partial charge >= 0.3 is 0 Å². The van der Waals surface area contributed by atoms with Crippen LogP contribution < -0.4 is 10.1 Å². The number of carbonyl (C=O) groups is 1. The zero-order chi connectivity index (χ0) is 16.9. The molecule has 8 heteroatoms. The fraction of sp³-hybridized carbons (Fsp3) is 0.438. The van der Waals surface area contributed by atoms with E-state index >= 15 is 0 Å². The number of rotatable bonds is 6. The molecule has 0 aromatic carbocycles. The van der Waals surface area contributed by atoms with Crippen molar-refractivity contribution in [2.24, 2.45) is 0 Å². The van der Waals surface area contributed by atoms with Crippen LogP contribution in [0.1, 0.15) is 34.3 Å². The van der Waals surface area contributed by atoms with Gasteiger partial charge < -0.3 is 24.1 Å². The van der Waals surface area contributed by atoms with E-state index in [0.717, 1.165) is 5.56 Å². The van der Waals surface area contributed by atoms with E-state index in [2.05, 4.69) is 15.5 Å². The summed E-state index contributed by atoms with van der Waals surface area (Å²) in [6.45, 7) is 0.836. The molecule has 0 aliphatic carbocycles. The summed E-state index contributed by atoms with van der Waals surface area (Å²) in [5, 5.41) is 6.70. The summed E-state index contributed by atoms with van der Waals surface area (Å²) in [4.78, 5) is 16.5. The molecule has 1 fully saturated rings. The van der Waals surface area contributed by atoms with Crippen molar-refractivity contribution in [3.05, 3.63) is 41.4 Å². The van der Waals surface area contributed by atoms with Gasteiger partial charge in [-0.05, 0) is 12.5 Å². The third kappa shape index (κ3) is 3.55. The lowest BCUT2D eigenvalue weighted by Gasteiger charge is -2.19. The van der Waals surface area contributed by atoms with Crippen molar-refractivity contribution < 1.29 is 23.5 Å². The van der Waals surface area contributed by atoms with Crippen LogP contribution in [-0.2, 0) is 16.1 Å². The topological polar surface area (TPSA) is 95.7 Å². The molecule has 0 spiro atoms. The standard InChI is InChI=1S/C16H19N3O5/c1-21-9-11-7-13(19-24-11)16(20)18-12-5-6-23-15(12)10-3-4-14(22-2)17-8-10/h3-4,7-8,12,15H,5-6,9H2,1-2H3,(H,18,20)/t12-,15+/m0/s1. The van der Waals surface area contributed by atoms with Crippen molar-refractivity contribution in [1.29, 1.82) is 0 Å². The highest BCUT2D eigenvalue weighted by atomic mass is 16.5. The lowest BCUT2D eigenvalue weighted by atomic mass is 10.0. The van der Waals surface area contributed by atoms with Gasteiger partial charge in [-0.3, -0.25) is 4.79 Å². The average molecular weight is 333 g/mol. The van der Waals surface area contributed by atoms with Crippen LogP contribution in [0.4, 0.5) is 0 Å². The Labute approximate surface area is 139 Å². The molecule has 1 saturated heterocycles. The summed E-state index contributed by atoms with van der Waals surface area (Å²) < 4.78 is 20.8.